The van der Waals surface area contributed by atoms with E-state index in [1.54, 1.807) is 25.1 Å². The summed E-state index contributed by atoms with van der Waals surface area (Å²) in [6, 6.07) is 19.2. The molecule has 3 aromatic rings. The molecular formula is C30H32ClFO5. The van der Waals surface area contributed by atoms with Gasteiger partial charge in [0.05, 0.1) is 12.7 Å². The first-order chi connectivity index (χ1) is 17.8. The minimum Gasteiger partial charge on any atom is -0.488 e. The van der Waals surface area contributed by atoms with E-state index in [9.17, 15) is 19.4 Å². The Bertz CT molecular complexity index is 1200. The second kappa shape index (κ2) is 12.7. The van der Waals surface area contributed by atoms with E-state index in [-0.39, 0.29) is 11.6 Å². The molecule has 0 amide bonds. The quantitative estimate of drug-likeness (QED) is 0.343. The third-order valence-electron chi connectivity index (χ3n) is 6.70. The van der Waals surface area contributed by atoms with E-state index < -0.39 is 24.4 Å². The van der Waals surface area contributed by atoms with E-state index in [0.717, 1.165) is 16.7 Å². The van der Waals surface area contributed by atoms with Gasteiger partial charge in [0.2, 0.25) is 0 Å². The average Bonchev–Trinajstić information content (AvgIpc) is 2.88. The monoisotopic (exact) mass is 526 g/mol. The molecule has 1 aliphatic carbocycles. The topological polar surface area (TPSA) is 76.0 Å². The molecular weight excluding hydrogens is 495 g/mol. The highest BCUT2D eigenvalue weighted by molar-refractivity contribution is 6.30. The Morgan fingerprint density at radius 1 is 1.00 bits per heavy atom. The van der Waals surface area contributed by atoms with Crippen LogP contribution in [0.25, 0.3) is 11.1 Å². The smallest absolute Gasteiger partial charge is 0.129 e. The Labute approximate surface area is 221 Å². The SMILES string of the molecule is CC(=O)CCCc1ccc(OC2CCC(OCc3ccc(Cl)cc3)C(O)C2O)cc1-c1cccc(F)c1. The van der Waals surface area contributed by atoms with Crippen LogP contribution >= 0.6 is 11.6 Å². The lowest BCUT2D eigenvalue weighted by molar-refractivity contribution is -0.150. The summed E-state index contributed by atoms with van der Waals surface area (Å²) >= 11 is 5.92. The largest absolute Gasteiger partial charge is 0.488 e. The van der Waals surface area contributed by atoms with Gasteiger partial charge in [-0.3, -0.25) is 0 Å². The molecule has 0 radical (unpaired) electrons. The molecule has 7 heteroatoms. The number of carbonyl (C=O) groups is 1. The van der Waals surface area contributed by atoms with Crippen molar-refractivity contribution in [3.05, 3.63) is 88.7 Å². The molecule has 0 aromatic heterocycles. The summed E-state index contributed by atoms with van der Waals surface area (Å²) in [7, 11) is 0. The molecule has 0 aliphatic heterocycles. The van der Waals surface area contributed by atoms with Crippen molar-refractivity contribution in [1.29, 1.82) is 0 Å². The maximum atomic E-state index is 14.0. The number of carbonyl (C=O) groups excluding carboxylic acids is 1. The first-order valence-electron chi connectivity index (χ1n) is 12.6. The molecule has 0 saturated heterocycles. The molecule has 0 heterocycles. The number of benzene rings is 3. The molecule has 196 valence electrons. The van der Waals surface area contributed by atoms with E-state index in [0.29, 0.717) is 55.0 Å². The number of hydrogen-bond acceptors (Lipinski definition) is 5. The van der Waals surface area contributed by atoms with Crippen LogP contribution in [0.1, 0.15) is 43.7 Å². The van der Waals surface area contributed by atoms with Gasteiger partial charge in [-0.05, 0) is 91.3 Å². The van der Waals surface area contributed by atoms with Crippen molar-refractivity contribution in [3.63, 3.8) is 0 Å². The number of rotatable bonds is 10. The summed E-state index contributed by atoms with van der Waals surface area (Å²) in [5.41, 5.74) is 3.44. The minimum atomic E-state index is -1.13. The fraction of sp³-hybridized carbons (Fsp3) is 0.367. The van der Waals surface area contributed by atoms with Gasteiger partial charge in [-0.1, -0.05) is 41.9 Å². The van der Waals surface area contributed by atoms with Gasteiger partial charge in [0.15, 0.2) is 0 Å². The maximum Gasteiger partial charge on any atom is 0.129 e. The number of Topliss-reactive ketones (excluding diaryl/α,β-unsaturated/α-hetero) is 1. The zero-order valence-corrected chi connectivity index (χ0v) is 21.5. The van der Waals surface area contributed by atoms with Crippen molar-refractivity contribution in [2.24, 2.45) is 0 Å². The Hall–Kier alpha value is -2.77. The van der Waals surface area contributed by atoms with Crippen LogP contribution in [0.15, 0.2) is 66.7 Å². The van der Waals surface area contributed by atoms with Crippen molar-refractivity contribution >= 4 is 17.4 Å². The average molecular weight is 527 g/mol. The fourth-order valence-electron chi connectivity index (χ4n) is 4.68. The van der Waals surface area contributed by atoms with Gasteiger partial charge in [-0.2, -0.15) is 0 Å². The van der Waals surface area contributed by atoms with Gasteiger partial charge in [-0.15, -0.1) is 0 Å². The highest BCUT2D eigenvalue weighted by atomic mass is 35.5. The summed E-state index contributed by atoms with van der Waals surface area (Å²) in [6.45, 7) is 1.88. The molecule has 4 unspecified atom stereocenters. The predicted molar refractivity (Wildman–Crippen MR) is 141 cm³/mol. The number of aliphatic hydroxyl groups is 2. The summed E-state index contributed by atoms with van der Waals surface area (Å²) < 4.78 is 26.0. The van der Waals surface area contributed by atoms with Gasteiger partial charge in [0, 0.05) is 11.4 Å². The lowest BCUT2D eigenvalue weighted by atomic mass is 9.89. The molecule has 5 nitrogen and oxygen atoms in total. The van der Waals surface area contributed by atoms with Crippen LogP contribution in [0.2, 0.25) is 5.02 Å². The normalized spacial score (nSPS) is 21.5. The van der Waals surface area contributed by atoms with Gasteiger partial charge in [0.25, 0.3) is 0 Å². The minimum absolute atomic E-state index is 0.132. The number of ketones is 1. The van der Waals surface area contributed by atoms with Crippen LogP contribution in [0.4, 0.5) is 4.39 Å². The zero-order valence-electron chi connectivity index (χ0n) is 20.8. The molecule has 1 saturated carbocycles. The van der Waals surface area contributed by atoms with Gasteiger partial charge < -0.3 is 24.5 Å². The zero-order chi connectivity index (χ0) is 26.4. The van der Waals surface area contributed by atoms with Gasteiger partial charge >= 0.3 is 0 Å². The second-order valence-electron chi connectivity index (χ2n) is 9.58. The van der Waals surface area contributed by atoms with Crippen molar-refractivity contribution in [1.82, 2.24) is 0 Å². The van der Waals surface area contributed by atoms with E-state index >= 15 is 0 Å². The van der Waals surface area contributed by atoms with Crippen LogP contribution in [-0.4, -0.2) is 40.4 Å². The molecule has 0 bridgehead atoms. The van der Waals surface area contributed by atoms with Crippen molar-refractivity contribution in [3.8, 4) is 16.9 Å². The third-order valence-corrected chi connectivity index (χ3v) is 6.96. The summed E-state index contributed by atoms with van der Waals surface area (Å²) in [5, 5.41) is 22.1. The summed E-state index contributed by atoms with van der Waals surface area (Å²) in [5.74, 6) is 0.313. The van der Waals surface area contributed by atoms with Crippen LogP contribution in [0, 0.1) is 5.82 Å². The van der Waals surface area contributed by atoms with Crippen molar-refractivity contribution in [2.45, 2.75) is 70.1 Å². The molecule has 1 fully saturated rings. The van der Waals surface area contributed by atoms with E-state index in [2.05, 4.69) is 0 Å². The van der Waals surface area contributed by atoms with Gasteiger partial charge in [0.1, 0.15) is 35.7 Å². The van der Waals surface area contributed by atoms with Crippen LogP contribution in [-0.2, 0) is 22.6 Å². The lowest BCUT2D eigenvalue weighted by Gasteiger charge is -2.37. The molecule has 4 rings (SSSR count). The number of halogens is 2. The van der Waals surface area contributed by atoms with Crippen molar-refractivity contribution < 1.29 is 28.9 Å². The molecule has 37 heavy (non-hydrogen) atoms. The summed E-state index contributed by atoms with van der Waals surface area (Å²) in [6.07, 6.45) is -0.488. The number of aryl methyl sites for hydroxylation is 1. The maximum absolute atomic E-state index is 14.0. The van der Waals surface area contributed by atoms with Crippen LogP contribution < -0.4 is 4.74 Å². The van der Waals surface area contributed by atoms with E-state index in [1.165, 1.54) is 12.1 Å². The van der Waals surface area contributed by atoms with Crippen molar-refractivity contribution in [2.75, 3.05) is 0 Å². The Morgan fingerprint density at radius 2 is 1.73 bits per heavy atom. The first kappa shape index (κ1) is 27.3. The highest BCUT2D eigenvalue weighted by Gasteiger charge is 2.39. The highest BCUT2D eigenvalue weighted by Crippen LogP contribution is 2.33. The fourth-order valence-corrected chi connectivity index (χ4v) is 4.80. The Morgan fingerprint density at radius 3 is 2.46 bits per heavy atom. The number of ether oxygens (including phenoxy) is 2. The van der Waals surface area contributed by atoms with Gasteiger partial charge in [-0.25, -0.2) is 4.39 Å². The molecule has 0 spiro atoms. The standard InChI is InChI=1S/C30H32ClFO5/c1-19(33)4-2-5-21-10-13-25(17-26(21)22-6-3-7-24(32)16-22)37-28-15-14-27(29(34)30(28)35)36-18-20-8-11-23(31)12-9-20/h3,6-13,16-17,27-30,34-35H,2,4-5,14-15,18H2,1H3. The number of hydrogen-bond donors (Lipinski definition) is 2. The Kier molecular flexibility index (Phi) is 9.33. The van der Waals surface area contributed by atoms with Crippen LogP contribution in [0.3, 0.4) is 0 Å². The molecule has 2 N–H and O–H groups in total. The third kappa shape index (κ3) is 7.39. The van der Waals surface area contributed by atoms with E-state index in [4.69, 9.17) is 21.1 Å². The van der Waals surface area contributed by atoms with E-state index in [1.807, 2.05) is 36.4 Å². The molecule has 3 aromatic carbocycles. The summed E-state index contributed by atoms with van der Waals surface area (Å²) in [4.78, 5) is 11.4. The lowest BCUT2D eigenvalue weighted by Crippen LogP contribution is -2.52. The molecule has 1 aliphatic rings. The number of aliphatic hydroxyl groups excluding tert-OH is 2. The second-order valence-corrected chi connectivity index (χ2v) is 10.0. The Balaban J connectivity index is 1.44. The van der Waals surface area contributed by atoms with Crippen LogP contribution in [0.5, 0.6) is 5.75 Å². The molecule has 4 atom stereocenters. The predicted octanol–water partition coefficient (Wildman–Crippen LogP) is 5.91. The first-order valence-corrected chi connectivity index (χ1v) is 12.9.